The van der Waals surface area contributed by atoms with E-state index in [0.717, 1.165) is 16.9 Å². The lowest BCUT2D eigenvalue weighted by molar-refractivity contribution is -0.132. The van der Waals surface area contributed by atoms with Gasteiger partial charge >= 0.3 is 0 Å². The predicted molar refractivity (Wildman–Crippen MR) is 97.4 cm³/mol. The Morgan fingerprint density at radius 1 is 1.15 bits per heavy atom. The van der Waals surface area contributed by atoms with Crippen molar-refractivity contribution < 1.29 is 9.53 Å². The van der Waals surface area contributed by atoms with E-state index in [-0.39, 0.29) is 18.5 Å². The largest absolute Gasteiger partial charge is 0.497 e. The highest BCUT2D eigenvalue weighted by atomic mass is 16.5. The van der Waals surface area contributed by atoms with Crippen molar-refractivity contribution in [1.29, 1.82) is 0 Å². The molecule has 0 fully saturated rings. The quantitative estimate of drug-likeness (QED) is 0.682. The number of tetrazole rings is 1. The van der Waals surface area contributed by atoms with Gasteiger partial charge in [0, 0.05) is 12.6 Å². The Balaban J connectivity index is 1.66. The number of rotatable bonds is 6. The van der Waals surface area contributed by atoms with E-state index in [4.69, 9.17) is 4.74 Å². The number of aromatic nitrogens is 4. The van der Waals surface area contributed by atoms with Crippen LogP contribution in [0.5, 0.6) is 5.75 Å². The summed E-state index contributed by atoms with van der Waals surface area (Å²) in [5, 5.41) is 12.3. The lowest BCUT2D eigenvalue weighted by Crippen LogP contribution is -2.33. The lowest BCUT2D eigenvalue weighted by Gasteiger charge is -2.25. The molecule has 0 spiro atoms. The van der Waals surface area contributed by atoms with Crippen molar-refractivity contribution in [3.05, 3.63) is 60.2 Å². The van der Waals surface area contributed by atoms with Crippen LogP contribution in [-0.4, -0.2) is 45.2 Å². The molecule has 0 aliphatic rings. The van der Waals surface area contributed by atoms with Crippen LogP contribution >= 0.6 is 0 Å². The van der Waals surface area contributed by atoms with Crippen molar-refractivity contribution in [2.75, 3.05) is 14.2 Å². The second-order valence-corrected chi connectivity index (χ2v) is 5.96. The Kier molecular flexibility index (Phi) is 5.26. The molecule has 1 atom stereocenters. The Bertz CT molecular complexity index is 861. The van der Waals surface area contributed by atoms with E-state index in [1.54, 1.807) is 19.1 Å². The molecule has 1 aromatic heterocycles. The average Bonchev–Trinajstić information content (AvgIpc) is 3.16. The number of carbonyl (C=O) groups is 1. The van der Waals surface area contributed by atoms with Crippen LogP contribution in [0.1, 0.15) is 18.5 Å². The van der Waals surface area contributed by atoms with Crippen molar-refractivity contribution in [2.45, 2.75) is 19.5 Å². The van der Waals surface area contributed by atoms with Crippen LogP contribution in [0.4, 0.5) is 0 Å². The molecule has 7 heteroatoms. The van der Waals surface area contributed by atoms with Gasteiger partial charge in [0.25, 0.3) is 0 Å². The van der Waals surface area contributed by atoms with Crippen molar-refractivity contribution in [3.8, 4) is 17.1 Å². The number of likely N-dealkylation sites (N-methyl/N-ethyl adjacent to an activating group) is 1. The van der Waals surface area contributed by atoms with Gasteiger partial charge in [-0.05, 0) is 29.8 Å². The molecule has 2 aromatic carbocycles. The zero-order valence-corrected chi connectivity index (χ0v) is 15.0. The molecular weight excluding hydrogens is 330 g/mol. The predicted octanol–water partition coefficient (Wildman–Crippen LogP) is 2.57. The van der Waals surface area contributed by atoms with Crippen molar-refractivity contribution in [2.24, 2.45) is 0 Å². The molecule has 0 N–H and O–H groups in total. The van der Waals surface area contributed by atoms with Gasteiger partial charge in [-0.2, -0.15) is 4.80 Å². The van der Waals surface area contributed by atoms with E-state index in [1.165, 1.54) is 4.80 Å². The highest BCUT2D eigenvalue weighted by Crippen LogP contribution is 2.22. The second-order valence-electron chi connectivity index (χ2n) is 5.96. The SMILES string of the molecule is COc1ccc(C(C)N(C)C(=O)Cn2nnc(-c3ccccc3)n2)cc1. The average molecular weight is 351 g/mol. The Hall–Kier alpha value is -3.22. The first kappa shape index (κ1) is 17.6. The summed E-state index contributed by atoms with van der Waals surface area (Å²) in [7, 11) is 3.40. The number of ether oxygens (including phenoxy) is 1. The minimum atomic E-state index is -0.0923. The van der Waals surface area contributed by atoms with Crippen LogP contribution in [0.15, 0.2) is 54.6 Å². The maximum Gasteiger partial charge on any atom is 0.246 e. The fraction of sp³-hybridized carbons (Fsp3) is 0.263. The normalized spacial score (nSPS) is 11.8. The van der Waals surface area contributed by atoms with E-state index in [2.05, 4.69) is 15.4 Å². The molecule has 3 rings (SSSR count). The minimum Gasteiger partial charge on any atom is -0.497 e. The lowest BCUT2D eigenvalue weighted by atomic mass is 10.1. The van der Waals surface area contributed by atoms with E-state index < -0.39 is 0 Å². The van der Waals surface area contributed by atoms with Gasteiger partial charge in [0.2, 0.25) is 11.7 Å². The molecule has 134 valence electrons. The summed E-state index contributed by atoms with van der Waals surface area (Å²) < 4.78 is 5.17. The summed E-state index contributed by atoms with van der Waals surface area (Å²) in [4.78, 5) is 15.6. The Morgan fingerprint density at radius 3 is 2.50 bits per heavy atom. The molecule has 26 heavy (non-hydrogen) atoms. The summed E-state index contributed by atoms with van der Waals surface area (Å²) in [6.45, 7) is 2.01. The van der Waals surface area contributed by atoms with E-state index >= 15 is 0 Å². The van der Waals surface area contributed by atoms with E-state index in [1.807, 2.05) is 61.5 Å². The molecular formula is C19H21N5O2. The molecule has 0 saturated carbocycles. The number of hydrogen-bond acceptors (Lipinski definition) is 5. The van der Waals surface area contributed by atoms with Gasteiger partial charge in [-0.1, -0.05) is 42.5 Å². The molecule has 0 saturated heterocycles. The highest BCUT2D eigenvalue weighted by Gasteiger charge is 2.19. The van der Waals surface area contributed by atoms with E-state index in [0.29, 0.717) is 5.82 Å². The van der Waals surface area contributed by atoms with Crippen LogP contribution < -0.4 is 4.74 Å². The zero-order valence-electron chi connectivity index (χ0n) is 15.0. The summed E-state index contributed by atoms with van der Waals surface area (Å²) in [6, 6.07) is 17.1. The molecule has 1 unspecified atom stereocenters. The molecule has 7 nitrogen and oxygen atoms in total. The van der Waals surface area contributed by atoms with Gasteiger partial charge in [-0.15, -0.1) is 10.2 Å². The third-order valence-corrected chi connectivity index (χ3v) is 4.33. The second kappa shape index (κ2) is 7.77. The summed E-state index contributed by atoms with van der Waals surface area (Å²) in [5.74, 6) is 1.20. The molecule has 0 radical (unpaired) electrons. The zero-order chi connectivity index (χ0) is 18.5. The van der Waals surface area contributed by atoms with Gasteiger partial charge < -0.3 is 9.64 Å². The first-order chi connectivity index (χ1) is 12.6. The third-order valence-electron chi connectivity index (χ3n) is 4.33. The number of nitrogens with zero attached hydrogens (tertiary/aromatic N) is 5. The van der Waals surface area contributed by atoms with Crippen molar-refractivity contribution in [1.82, 2.24) is 25.1 Å². The van der Waals surface area contributed by atoms with Gasteiger partial charge in [-0.25, -0.2) is 0 Å². The minimum absolute atomic E-state index is 0.0385. The van der Waals surface area contributed by atoms with Crippen LogP contribution in [0.3, 0.4) is 0 Å². The van der Waals surface area contributed by atoms with Crippen LogP contribution in [0.2, 0.25) is 0 Å². The molecule has 0 aliphatic heterocycles. The Morgan fingerprint density at radius 2 is 1.85 bits per heavy atom. The fourth-order valence-electron chi connectivity index (χ4n) is 2.57. The van der Waals surface area contributed by atoms with Crippen LogP contribution in [-0.2, 0) is 11.3 Å². The highest BCUT2D eigenvalue weighted by molar-refractivity contribution is 5.76. The molecule has 0 aliphatic carbocycles. The van der Waals surface area contributed by atoms with Gasteiger partial charge in [-0.3, -0.25) is 4.79 Å². The number of methoxy groups -OCH3 is 1. The van der Waals surface area contributed by atoms with Gasteiger partial charge in [0.1, 0.15) is 12.3 Å². The molecule has 3 aromatic rings. The third kappa shape index (κ3) is 3.88. The van der Waals surface area contributed by atoms with Gasteiger partial charge in [0.15, 0.2) is 0 Å². The standard InChI is InChI=1S/C19H21N5O2/c1-14(15-9-11-17(26-3)12-10-15)23(2)18(25)13-24-21-19(20-22-24)16-7-5-4-6-8-16/h4-12,14H,13H2,1-3H3. The van der Waals surface area contributed by atoms with Crippen LogP contribution in [0.25, 0.3) is 11.4 Å². The first-order valence-electron chi connectivity index (χ1n) is 8.31. The van der Waals surface area contributed by atoms with Crippen molar-refractivity contribution >= 4 is 5.91 Å². The summed E-state index contributed by atoms with van der Waals surface area (Å²) in [6.07, 6.45) is 0. The topological polar surface area (TPSA) is 73.1 Å². The summed E-state index contributed by atoms with van der Waals surface area (Å²) >= 11 is 0. The van der Waals surface area contributed by atoms with Gasteiger partial charge in [0.05, 0.1) is 13.2 Å². The van der Waals surface area contributed by atoms with E-state index in [9.17, 15) is 4.79 Å². The van der Waals surface area contributed by atoms with Crippen molar-refractivity contribution in [3.63, 3.8) is 0 Å². The maximum absolute atomic E-state index is 12.6. The Labute approximate surface area is 152 Å². The smallest absolute Gasteiger partial charge is 0.246 e. The molecule has 0 bridgehead atoms. The molecule has 1 heterocycles. The van der Waals surface area contributed by atoms with Crippen LogP contribution in [0, 0.1) is 0 Å². The first-order valence-corrected chi connectivity index (χ1v) is 8.31. The fourth-order valence-corrected chi connectivity index (χ4v) is 2.57. The number of amides is 1. The number of benzene rings is 2. The number of carbonyl (C=O) groups excluding carboxylic acids is 1. The summed E-state index contributed by atoms with van der Waals surface area (Å²) in [5.41, 5.74) is 1.89. The molecule has 1 amide bonds. The maximum atomic E-state index is 12.6. The number of hydrogen-bond donors (Lipinski definition) is 0. The monoisotopic (exact) mass is 351 g/mol.